The second kappa shape index (κ2) is 6.83. The molecule has 1 amide bonds. The molecule has 0 radical (unpaired) electrons. The van der Waals surface area contributed by atoms with E-state index in [0.29, 0.717) is 5.56 Å². The maximum Gasteiger partial charge on any atom is 0.307 e. The number of para-hydroxylation sites is 1. The minimum atomic E-state index is -0.523. The van der Waals surface area contributed by atoms with E-state index in [1.807, 2.05) is 24.3 Å². The number of hydrogen-bond donors (Lipinski definition) is 1. The third-order valence-electron chi connectivity index (χ3n) is 3.35. The topological polar surface area (TPSA) is 55.4 Å². The van der Waals surface area contributed by atoms with Gasteiger partial charge in [-0.2, -0.15) is 0 Å². The number of hydrogen-bond acceptors (Lipinski definition) is 4. The summed E-state index contributed by atoms with van der Waals surface area (Å²) in [6.07, 6.45) is -0.0276. The number of esters is 1. The Morgan fingerprint density at radius 3 is 2.87 bits per heavy atom. The molecule has 0 fully saturated rings. The quantitative estimate of drug-likeness (QED) is 0.873. The van der Waals surface area contributed by atoms with Crippen LogP contribution >= 0.6 is 11.8 Å². The highest BCUT2D eigenvalue weighted by Crippen LogP contribution is 2.36. The fraction of sp³-hybridized carbons (Fsp3) is 0.176. The molecule has 0 aromatic heterocycles. The third kappa shape index (κ3) is 3.90. The molecule has 1 heterocycles. The summed E-state index contributed by atoms with van der Waals surface area (Å²) in [5.74, 6) is -1.07. The van der Waals surface area contributed by atoms with Crippen LogP contribution in [0.4, 0.5) is 10.1 Å². The average molecular weight is 331 g/mol. The van der Waals surface area contributed by atoms with Gasteiger partial charge in [-0.15, -0.1) is 11.8 Å². The van der Waals surface area contributed by atoms with Gasteiger partial charge in [0.1, 0.15) is 12.4 Å². The number of halogens is 1. The van der Waals surface area contributed by atoms with Crippen LogP contribution in [0.5, 0.6) is 0 Å². The molecule has 3 rings (SSSR count). The molecule has 118 valence electrons. The van der Waals surface area contributed by atoms with Crippen LogP contribution in [0.2, 0.25) is 0 Å². The van der Waals surface area contributed by atoms with Crippen LogP contribution < -0.4 is 5.32 Å². The number of benzene rings is 2. The number of carbonyl (C=O) groups excluding carboxylic acids is 2. The third-order valence-corrected chi connectivity index (χ3v) is 4.62. The molecule has 0 saturated carbocycles. The number of fused-ring (bicyclic) bond motifs is 1. The SMILES string of the molecule is O=C(C[C@H]1Sc2ccccc2NC1=O)OCc1cccc(F)c1. The van der Waals surface area contributed by atoms with Crippen LogP contribution in [0.15, 0.2) is 53.4 Å². The lowest BCUT2D eigenvalue weighted by Crippen LogP contribution is -2.31. The second-order valence-electron chi connectivity index (χ2n) is 5.09. The summed E-state index contributed by atoms with van der Waals surface area (Å²) in [5, 5.41) is 2.26. The van der Waals surface area contributed by atoms with Crippen molar-refractivity contribution in [1.82, 2.24) is 0 Å². The zero-order valence-electron chi connectivity index (χ0n) is 12.1. The van der Waals surface area contributed by atoms with E-state index in [9.17, 15) is 14.0 Å². The first-order valence-corrected chi connectivity index (χ1v) is 7.96. The monoisotopic (exact) mass is 331 g/mol. The summed E-state index contributed by atoms with van der Waals surface area (Å²) >= 11 is 1.34. The van der Waals surface area contributed by atoms with E-state index in [4.69, 9.17) is 4.74 Å². The van der Waals surface area contributed by atoms with Crippen LogP contribution in [0.3, 0.4) is 0 Å². The first-order valence-electron chi connectivity index (χ1n) is 7.08. The Morgan fingerprint density at radius 2 is 2.04 bits per heavy atom. The Kier molecular flexibility index (Phi) is 4.62. The molecule has 6 heteroatoms. The van der Waals surface area contributed by atoms with E-state index in [0.717, 1.165) is 10.6 Å². The van der Waals surface area contributed by atoms with Gasteiger partial charge in [0.15, 0.2) is 0 Å². The Labute approximate surface area is 137 Å². The summed E-state index contributed by atoms with van der Waals surface area (Å²) in [5.41, 5.74) is 1.33. The van der Waals surface area contributed by atoms with Crippen LogP contribution in [-0.4, -0.2) is 17.1 Å². The van der Waals surface area contributed by atoms with Crippen LogP contribution in [0.25, 0.3) is 0 Å². The molecule has 0 saturated heterocycles. The molecule has 0 unspecified atom stereocenters. The standard InChI is InChI=1S/C17H14FNO3S/c18-12-5-3-4-11(8-12)10-22-16(20)9-15-17(21)19-13-6-1-2-7-14(13)23-15/h1-8,15H,9-10H2,(H,19,21)/t15-/m1/s1. The lowest BCUT2D eigenvalue weighted by atomic mass is 10.2. The summed E-state index contributed by atoms with van der Waals surface area (Å²) in [7, 11) is 0. The predicted octanol–water partition coefficient (Wildman–Crippen LogP) is 3.37. The number of ether oxygens (including phenoxy) is 1. The van der Waals surface area contributed by atoms with Gasteiger partial charge in [0.2, 0.25) is 5.91 Å². The molecule has 1 aliphatic heterocycles. The lowest BCUT2D eigenvalue weighted by molar-refractivity contribution is -0.145. The molecule has 1 aliphatic rings. The largest absolute Gasteiger partial charge is 0.461 e. The van der Waals surface area contributed by atoms with Crippen molar-refractivity contribution in [3.05, 3.63) is 59.9 Å². The normalized spacial score (nSPS) is 16.4. The molecule has 2 aromatic rings. The molecular weight excluding hydrogens is 317 g/mol. The van der Waals surface area contributed by atoms with E-state index < -0.39 is 11.2 Å². The van der Waals surface area contributed by atoms with E-state index in [2.05, 4.69) is 5.32 Å². The van der Waals surface area contributed by atoms with E-state index in [1.54, 1.807) is 12.1 Å². The summed E-state index contributed by atoms with van der Waals surface area (Å²) in [4.78, 5) is 24.9. The van der Waals surface area contributed by atoms with Crippen LogP contribution in [0, 0.1) is 5.82 Å². The van der Waals surface area contributed by atoms with Gasteiger partial charge < -0.3 is 10.1 Å². The van der Waals surface area contributed by atoms with Gasteiger partial charge in [-0.25, -0.2) is 4.39 Å². The molecule has 0 spiro atoms. The summed E-state index contributed by atoms with van der Waals surface area (Å²) in [6.45, 7) is -0.00775. The van der Waals surface area contributed by atoms with E-state index in [1.165, 1.54) is 23.9 Å². The Hall–Kier alpha value is -2.34. The highest BCUT2D eigenvalue weighted by molar-refractivity contribution is 8.01. The van der Waals surface area contributed by atoms with Crippen molar-refractivity contribution < 1.29 is 18.7 Å². The maximum absolute atomic E-state index is 13.1. The maximum atomic E-state index is 13.1. The highest BCUT2D eigenvalue weighted by atomic mass is 32.2. The van der Waals surface area contributed by atoms with Crippen LogP contribution in [0.1, 0.15) is 12.0 Å². The van der Waals surface area contributed by atoms with Gasteiger partial charge in [0.25, 0.3) is 0 Å². The van der Waals surface area contributed by atoms with Gasteiger partial charge in [-0.1, -0.05) is 24.3 Å². The predicted molar refractivity (Wildman–Crippen MR) is 85.5 cm³/mol. The van der Waals surface area contributed by atoms with E-state index >= 15 is 0 Å². The van der Waals surface area contributed by atoms with Crippen molar-refractivity contribution in [3.63, 3.8) is 0 Å². The van der Waals surface area contributed by atoms with Crippen molar-refractivity contribution in [2.75, 3.05) is 5.32 Å². The number of amides is 1. The van der Waals surface area contributed by atoms with Gasteiger partial charge in [0.05, 0.1) is 17.4 Å². The van der Waals surface area contributed by atoms with Gasteiger partial charge in [-0.05, 0) is 29.8 Å². The zero-order chi connectivity index (χ0) is 16.2. The van der Waals surface area contributed by atoms with E-state index in [-0.39, 0.29) is 24.8 Å². The summed E-state index contributed by atoms with van der Waals surface area (Å²) < 4.78 is 18.2. The fourth-order valence-corrected chi connectivity index (χ4v) is 3.32. The molecule has 4 nitrogen and oxygen atoms in total. The molecule has 1 atom stereocenters. The van der Waals surface area contributed by atoms with Crippen molar-refractivity contribution >= 4 is 29.3 Å². The van der Waals surface area contributed by atoms with Crippen molar-refractivity contribution in [2.45, 2.75) is 23.2 Å². The second-order valence-corrected chi connectivity index (χ2v) is 6.33. The highest BCUT2D eigenvalue weighted by Gasteiger charge is 2.29. The number of nitrogens with one attached hydrogen (secondary N) is 1. The first kappa shape index (κ1) is 15.6. The molecule has 23 heavy (non-hydrogen) atoms. The van der Waals surface area contributed by atoms with Crippen molar-refractivity contribution in [3.8, 4) is 0 Å². The number of rotatable bonds is 4. The zero-order valence-corrected chi connectivity index (χ0v) is 12.9. The fourth-order valence-electron chi connectivity index (χ4n) is 2.23. The molecule has 2 aromatic carbocycles. The smallest absolute Gasteiger partial charge is 0.307 e. The first-order chi connectivity index (χ1) is 11.1. The summed E-state index contributed by atoms with van der Waals surface area (Å²) in [6, 6.07) is 13.3. The van der Waals surface area contributed by atoms with Gasteiger partial charge in [-0.3, -0.25) is 9.59 Å². The Bertz CT molecular complexity index is 750. The average Bonchev–Trinajstić information content (AvgIpc) is 2.54. The van der Waals surface area contributed by atoms with Crippen molar-refractivity contribution in [2.24, 2.45) is 0 Å². The molecular formula is C17H14FNO3S. The Morgan fingerprint density at radius 1 is 1.22 bits per heavy atom. The number of carbonyl (C=O) groups is 2. The Balaban J connectivity index is 1.57. The minimum absolute atomic E-state index is 0.00775. The molecule has 0 aliphatic carbocycles. The van der Waals surface area contributed by atoms with Crippen LogP contribution in [-0.2, 0) is 20.9 Å². The molecule has 0 bridgehead atoms. The molecule has 1 N–H and O–H groups in total. The van der Waals surface area contributed by atoms with Gasteiger partial charge in [0, 0.05) is 4.90 Å². The minimum Gasteiger partial charge on any atom is -0.461 e. The number of anilines is 1. The lowest BCUT2D eigenvalue weighted by Gasteiger charge is -2.23. The number of thioether (sulfide) groups is 1. The van der Waals surface area contributed by atoms with Gasteiger partial charge >= 0.3 is 5.97 Å². The van der Waals surface area contributed by atoms with Crippen molar-refractivity contribution in [1.29, 1.82) is 0 Å².